The molecule has 0 atom stereocenters. The van der Waals surface area contributed by atoms with Crippen molar-refractivity contribution in [3.8, 4) is 11.3 Å². The van der Waals surface area contributed by atoms with Crippen molar-refractivity contribution in [2.24, 2.45) is 0 Å². The van der Waals surface area contributed by atoms with Crippen LogP contribution in [0.2, 0.25) is 10.0 Å². The van der Waals surface area contributed by atoms with Crippen molar-refractivity contribution in [1.29, 1.82) is 0 Å². The van der Waals surface area contributed by atoms with Crippen LogP contribution in [0, 0.1) is 9.39 Å². The minimum atomic E-state index is -0.406. The molecule has 0 N–H and O–H groups in total. The van der Waals surface area contributed by atoms with Crippen molar-refractivity contribution >= 4 is 45.8 Å². The zero-order chi connectivity index (χ0) is 11.7. The van der Waals surface area contributed by atoms with Crippen LogP contribution in [0.15, 0.2) is 30.5 Å². The predicted octanol–water partition coefficient (Wildman–Crippen LogP) is 4.80. The Labute approximate surface area is 116 Å². The monoisotopic (exact) mass is 367 g/mol. The minimum Gasteiger partial charge on any atom is -0.252 e. The lowest BCUT2D eigenvalue weighted by Crippen LogP contribution is -1.91. The van der Waals surface area contributed by atoms with Gasteiger partial charge in [0.25, 0.3) is 0 Å². The summed E-state index contributed by atoms with van der Waals surface area (Å²) in [6, 6.07) is 6.45. The quantitative estimate of drug-likeness (QED) is 0.660. The normalized spacial score (nSPS) is 10.5. The van der Waals surface area contributed by atoms with Gasteiger partial charge in [0.15, 0.2) is 5.82 Å². The molecule has 1 aromatic carbocycles. The summed E-state index contributed by atoms with van der Waals surface area (Å²) in [5, 5.41) is 0.704. The molecule has 16 heavy (non-hydrogen) atoms. The fourth-order valence-electron chi connectivity index (χ4n) is 1.30. The van der Waals surface area contributed by atoms with E-state index in [2.05, 4.69) is 4.98 Å². The minimum absolute atomic E-state index is 0.216. The molecule has 0 saturated carbocycles. The first-order valence-corrected chi connectivity index (χ1v) is 6.18. The average Bonchev–Trinajstić information content (AvgIpc) is 2.23. The Hall–Kier alpha value is -0.390. The van der Waals surface area contributed by atoms with Crippen molar-refractivity contribution < 1.29 is 4.39 Å². The van der Waals surface area contributed by atoms with Crippen molar-refractivity contribution in [1.82, 2.24) is 4.98 Å². The molecule has 2 aromatic rings. The van der Waals surface area contributed by atoms with Crippen molar-refractivity contribution in [2.75, 3.05) is 0 Å². The standard InChI is InChI=1S/C11H5Cl2FIN/c12-8-3-1-2-7(10(8)13)11-9(14)4-6(15)5-16-11/h1-5H. The molecule has 0 amide bonds. The summed E-state index contributed by atoms with van der Waals surface area (Å²) < 4.78 is 14.4. The van der Waals surface area contributed by atoms with Crippen molar-refractivity contribution in [3.05, 3.63) is 49.9 Å². The van der Waals surface area contributed by atoms with Gasteiger partial charge in [-0.3, -0.25) is 4.98 Å². The molecule has 0 unspecified atom stereocenters. The predicted molar refractivity (Wildman–Crippen MR) is 72.4 cm³/mol. The first kappa shape index (κ1) is 12.1. The second-order valence-corrected chi connectivity index (χ2v) is 5.12. The van der Waals surface area contributed by atoms with E-state index in [1.165, 1.54) is 6.07 Å². The Bertz CT molecular complexity index is 546. The van der Waals surface area contributed by atoms with Crippen LogP contribution >= 0.6 is 45.8 Å². The number of nitrogens with zero attached hydrogens (tertiary/aromatic N) is 1. The molecule has 0 fully saturated rings. The molecule has 0 aliphatic rings. The summed E-state index contributed by atoms with van der Waals surface area (Å²) in [5.41, 5.74) is 0.719. The highest BCUT2D eigenvalue weighted by Gasteiger charge is 2.12. The van der Waals surface area contributed by atoms with Crippen LogP contribution in [0.3, 0.4) is 0 Å². The highest BCUT2D eigenvalue weighted by Crippen LogP contribution is 2.33. The Morgan fingerprint density at radius 2 is 2.00 bits per heavy atom. The van der Waals surface area contributed by atoms with Gasteiger partial charge in [-0.25, -0.2) is 4.39 Å². The van der Waals surface area contributed by atoms with Crippen LogP contribution in [-0.2, 0) is 0 Å². The number of hydrogen-bond donors (Lipinski definition) is 0. The number of halogens is 4. The van der Waals surface area contributed by atoms with Gasteiger partial charge in [-0.05, 0) is 34.7 Å². The van der Waals surface area contributed by atoms with E-state index >= 15 is 0 Å². The second kappa shape index (κ2) is 4.85. The second-order valence-electron chi connectivity index (χ2n) is 3.09. The van der Waals surface area contributed by atoms with E-state index in [1.807, 2.05) is 22.6 Å². The number of pyridine rings is 1. The van der Waals surface area contributed by atoms with Gasteiger partial charge < -0.3 is 0 Å². The lowest BCUT2D eigenvalue weighted by Gasteiger charge is -2.06. The van der Waals surface area contributed by atoms with E-state index in [0.29, 0.717) is 15.6 Å². The van der Waals surface area contributed by atoms with Gasteiger partial charge in [0, 0.05) is 15.3 Å². The molecule has 0 aliphatic carbocycles. The first-order chi connectivity index (χ1) is 7.59. The topological polar surface area (TPSA) is 12.9 Å². The fourth-order valence-corrected chi connectivity index (χ4v) is 2.10. The van der Waals surface area contributed by atoms with Crippen LogP contribution in [0.25, 0.3) is 11.3 Å². The highest BCUT2D eigenvalue weighted by atomic mass is 127. The molecule has 82 valence electrons. The molecule has 1 heterocycles. The summed E-state index contributed by atoms with van der Waals surface area (Å²) in [6.07, 6.45) is 1.58. The number of rotatable bonds is 1. The van der Waals surface area contributed by atoms with E-state index in [9.17, 15) is 4.39 Å². The van der Waals surface area contributed by atoms with Crippen LogP contribution in [0.4, 0.5) is 4.39 Å². The lowest BCUT2D eigenvalue weighted by molar-refractivity contribution is 0.624. The third-order valence-electron chi connectivity index (χ3n) is 2.01. The molecular weight excluding hydrogens is 363 g/mol. The molecule has 0 aliphatic heterocycles. The highest BCUT2D eigenvalue weighted by molar-refractivity contribution is 14.1. The Morgan fingerprint density at radius 3 is 2.69 bits per heavy atom. The Balaban J connectivity index is 2.63. The largest absolute Gasteiger partial charge is 0.252 e. The van der Waals surface area contributed by atoms with Crippen LogP contribution in [0.5, 0.6) is 0 Å². The molecular formula is C11H5Cl2FIN. The lowest BCUT2D eigenvalue weighted by atomic mass is 10.1. The maximum Gasteiger partial charge on any atom is 0.150 e. The van der Waals surface area contributed by atoms with Crippen molar-refractivity contribution in [2.45, 2.75) is 0 Å². The third-order valence-corrected chi connectivity index (χ3v) is 3.42. The SMILES string of the molecule is Fc1cc(I)cnc1-c1cccc(Cl)c1Cl. The van der Waals surface area contributed by atoms with Gasteiger partial charge in [0.05, 0.1) is 10.0 Å². The van der Waals surface area contributed by atoms with Gasteiger partial charge in [0.1, 0.15) is 5.69 Å². The van der Waals surface area contributed by atoms with Crippen LogP contribution in [0.1, 0.15) is 0 Å². The maximum atomic E-state index is 13.7. The fraction of sp³-hybridized carbons (Fsp3) is 0. The summed E-state index contributed by atoms with van der Waals surface area (Å²) >= 11 is 13.9. The maximum absolute atomic E-state index is 13.7. The van der Waals surface area contributed by atoms with E-state index in [1.54, 1.807) is 24.4 Å². The summed E-state index contributed by atoms with van der Waals surface area (Å²) in [6.45, 7) is 0. The van der Waals surface area contributed by atoms with Crippen molar-refractivity contribution in [3.63, 3.8) is 0 Å². The van der Waals surface area contributed by atoms with E-state index < -0.39 is 5.82 Å². The van der Waals surface area contributed by atoms with Gasteiger partial charge >= 0.3 is 0 Å². The van der Waals surface area contributed by atoms with E-state index in [0.717, 1.165) is 3.57 Å². The molecule has 5 heteroatoms. The molecule has 0 radical (unpaired) electrons. The zero-order valence-electron chi connectivity index (χ0n) is 7.85. The first-order valence-electron chi connectivity index (χ1n) is 4.35. The third kappa shape index (κ3) is 2.31. The Kier molecular flexibility index (Phi) is 3.66. The van der Waals surface area contributed by atoms with Crippen LogP contribution < -0.4 is 0 Å². The van der Waals surface area contributed by atoms with E-state index in [4.69, 9.17) is 23.2 Å². The summed E-state index contributed by atoms with van der Waals surface area (Å²) in [4.78, 5) is 4.02. The smallest absolute Gasteiger partial charge is 0.150 e. The zero-order valence-corrected chi connectivity index (χ0v) is 11.5. The van der Waals surface area contributed by atoms with Crippen LogP contribution in [-0.4, -0.2) is 4.98 Å². The van der Waals surface area contributed by atoms with Gasteiger partial charge in [0.2, 0.25) is 0 Å². The van der Waals surface area contributed by atoms with E-state index in [-0.39, 0.29) is 5.69 Å². The summed E-state index contributed by atoms with van der Waals surface area (Å²) in [5.74, 6) is -0.406. The molecule has 2 rings (SSSR count). The van der Waals surface area contributed by atoms with Gasteiger partial charge in [-0.2, -0.15) is 0 Å². The molecule has 0 spiro atoms. The van der Waals surface area contributed by atoms with Gasteiger partial charge in [-0.1, -0.05) is 35.3 Å². The number of hydrogen-bond acceptors (Lipinski definition) is 1. The molecule has 0 saturated heterocycles. The molecule has 1 aromatic heterocycles. The molecule has 1 nitrogen and oxygen atoms in total. The van der Waals surface area contributed by atoms with Gasteiger partial charge in [-0.15, -0.1) is 0 Å². The summed E-state index contributed by atoms with van der Waals surface area (Å²) in [7, 11) is 0. The molecule has 0 bridgehead atoms. The Morgan fingerprint density at radius 1 is 1.25 bits per heavy atom. The number of benzene rings is 1. The average molecular weight is 368 g/mol. The number of aromatic nitrogens is 1.